The largest absolute Gasteiger partial charge is 0.350 e. The lowest BCUT2D eigenvalue weighted by Gasteiger charge is -2.28. The summed E-state index contributed by atoms with van der Waals surface area (Å²) < 4.78 is 14.3. The van der Waals surface area contributed by atoms with Crippen LogP contribution in [0.4, 0.5) is 4.39 Å². The van der Waals surface area contributed by atoms with E-state index in [2.05, 4.69) is 10.2 Å². The van der Waals surface area contributed by atoms with Gasteiger partial charge in [0.05, 0.1) is 16.5 Å². The van der Waals surface area contributed by atoms with Crippen LogP contribution in [-0.2, 0) is 0 Å². The van der Waals surface area contributed by atoms with Crippen LogP contribution in [0.15, 0.2) is 35.7 Å². The molecule has 2 heterocycles. The third-order valence-electron chi connectivity index (χ3n) is 4.51. The van der Waals surface area contributed by atoms with E-state index in [9.17, 15) is 14.0 Å². The Labute approximate surface area is 150 Å². The molecule has 25 heavy (non-hydrogen) atoms. The number of carbonyl (C=O) groups is 2. The highest BCUT2D eigenvalue weighted by atomic mass is 32.1. The molecule has 0 radical (unpaired) electrons. The first kappa shape index (κ1) is 17.8. The predicted molar refractivity (Wildman–Crippen MR) is 96.6 cm³/mol. The molecule has 0 spiro atoms. The second kappa shape index (κ2) is 7.89. The summed E-state index contributed by atoms with van der Waals surface area (Å²) in [4.78, 5) is 26.5. The number of carbonyl (C=O) groups excluding carboxylic acids is 2. The number of ketones is 1. The summed E-state index contributed by atoms with van der Waals surface area (Å²) in [7, 11) is 0. The number of nitrogens with zero attached hydrogens (tertiary/aromatic N) is 1. The molecule has 3 rings (SSSR count). The van der Waals surface area contributed by atoms with Gasteiger partial charge in [-0.25, -0.2) is 4.39 Å². The number of rotatable bonds is 6. The third kappa shape index (κ3) is 4.14. The average molecular weight is 360 g/mol. The van der Waals surface area contributed by atoms with Gasteiger partial charge in [0.25, 0.3) is 5.91 Å². The number of Topliss-reactive ketones (excluding diaryl/α,β-unsaturated/α-hetero) is 1. The first-order chi connectivity index (χ1) is 12.1. The van der Waals surface area contributed by atoms with Crippen molar-refractivity contribution in [2.24, 2.45) is 0 Å². The van der Waals surface area contributed by atoms with Gasteiger partial charge in [0.1, 0.15) is 5.82 Å². The lowest BCUT2D eigenvalue weighted by molar-refractivity contribution is 0.0937. The van der Waals surface area contributed by atoms with E-state index in [1.54, 1.807) is 23.6 Å². The fraction of sp³-hybridized carbons (Fsp3) is 0.368. The van der Waals surface area contributed by atoms with Gasteiger partial charge in [-0.2, -0.15) is 0 Å². The molecule has 0 unspecified atom stereocenters. The van der Waals surface area contributed by atoms with Crippen LogP contribution in [-0.4, -0.2) is 36.2 Å². The Balaban J connectivity index is 1.73. The monoisotopic (exact) mass is 360 g/mol. The first-order valence-corrected chi connectivity index (χ1v) is 9.30. The van der Waals surface area contributed by atoms with E-state index in [0.717, 1.165) is 25.9 Å². The summed E-state index contributed by atoms with van der Waals surface area (Å²) >= 11 is 1.26. The normalized spacial score (nSPS) is 15.9. The van der Waals surface area contributed by atoms with Crippen molar-refractivity contribution >= 4 is 23.0 Å². The van der Waals surface area contributed by atoms with Gasteiger partial charge in [-0.3, -0.25) is 14.5 Å². The number of benzene rings is 1. The second-order valence-electron chi connectivity index (χ2n) is 6.25. The second-order valence-corrected chi connectivity index (χ2v) is 7.16. The maximum absolute atomic E-state index is 14.3. The standard InChI is InChI=1S/C19H21FN2O2S/c1-13(23)18-10-14(12-25-18)19(24)21-11-17(22-8-4-5-9-22)15-6-2-3-7-16(15)20/h2-3,6-7,10,12,17H,4-5,8-9,11H2,1H3,(H,21,24)/t17-/m1/s1. The van der Waals surface area contributed by atoms with Gasteiger partial charge in [0, 0.05) is 17.5 Å². The minimum atomic E-state index is -0.247. The van der Waals surface area contributed by atoms with Gasteiger partial charge in [0.2, 0.25) is 0 Å². The predicted octanol–water partition coefficient (Wildman–Crippen LogP) is 3.66. The lowest BCUT2D eigenvalue weighted by atomic mass is 10.0. The van der Waals surface area contributed by atoms with E-state index in [1.165, 1.54) is 24.3 Å². The fourth-order valence-corrected chi connectivity index (χ4v) is 3.96. The highest BCUT2D eigenvalue weighted by Crippen LogP contribution is 2.26. The van der Waals surface area contributed by atoms with E-state index in [-0.39, 0.29) is 23.5 Å². The van der Waals surface area contributed by atoms with Gasteiger partial charge in [0.15, 0.2) is 5.78 Å². The molecule has 0 saturated carbocycles. The molecule has 132 valence electrons. The van der Waals surface area contributed by atoms with Gasteiger partial charge in [-0.1, -0.05) is 18.2 Å². The zero-order valence-corrected chi connectivity index (χ0v) is 14.9. The number of hydrogen-bond donors (Lipinski definition) is 1. The van der Waals surface area contributed by atoms with Crippen molar-refractivity contribution in [1.82, 2.24) is 10.2 Å². The van der Waals surface area contributed by atoms with Crippen molar-refractivity contribution in [2.75, 3.05) is 19.6 Å². The van der Waals surface area contributed by atoms with Crippen LogP contribution in [0.3, 0.4) is 0 Å². The van der Waals surface area contributed by atoms with Crippen LogP contribution in [0.25, 0.3) is 0 Å². The van der Waals surface area contributed by atoms with Crippen molar-refractivity contribution in [2.45, 2.75) is 25.8 Å². The third-order valence-corrected chi connectivity index (χ3v) is 5.54. The van der Waals surface area contributed by atoms with Gasteiger partial charge in [-0.05, 0) is 45.0 Å². The Kier molecular flexibility index (Phi) is 5.60. The first-order valence-electron chi connectivity index (χ1n) is 8.42. The Bertz CT molecular complexity index is 768. The topological polar surface area (TPSA) is 49.4 Å². The summed E-state index contributed by atoms with van der Waals surface area (Å²) in [6.07, 6.45) is 2.18. The van der Waals surface area contributed by atoms with Gasteiger partial charge in [-0.15, -0.1) is 11.3 Å². The van der Waals surface area contributed by atoms with E-state index in [0.29, 0.717) is 22.5 Å². The van der Waals surface area contributed by atoms with Crippen LogP contribution in [0.5, 0.6) is 0 Å². The highest BCUT2D eigenvalue weighted by molar-refractivity contribution is 7.12. The number of thiophene rings is 1. The van der Waals surface area contributed by atoms with Crippen molar-refractivity contribution in [3.63, 3.8) is 0 Å². The molecule has 1 fully saturated rings. The number of likely N-dealkylation sites (tertiary alicyclic amines) is 1. The zero-order chi connectivity index (χ0) is 17.8. The van der Waals surface area contributed by atoms with Crippen LogP contribution in [0.2, 0.25) is 0 Å². The molecule has 4 nitrogen and oxygen atoms in total. The molecule has 6 heteroatoms. The highest BCUT2D eigenvalue weighted by Gasteiger charge is 2.26. The van der Waals surface area contributed by atoms with Gasteiger partial charge < -0.3 is 5.32 Å². The molecular formula is C19H21FN2O2S. The molecule has 1 N–H and O–H groups in total. The lowest BCUT2D eigenvalue weighted by Crippen LogP contribution is -2.37. The molecule has 1 aromatic heterocycles. The number of halogens is 1. The molecule has 1 aromatic carbocycles. The molecule has 1 aliphatic rings. The maximum Gasteiger partial charge on any atom is 0.252 e. The Morgan fingerprint density at radius 3 is 2.64 bits per heavy atom. The molecule has 1 amide bonds. The summed E-state index contributed by atoms with van der Waals surface area (Å²) in [5.41, 5.74) is 1.09. The maximum atomic E-state index is 14.3. The van der Waals surface area contributed by atoms with E-state index in [4.69, 9.17) is 0 Å². The van der Waals surface area contributed by atoms with Crippen LogP contribution >= 0.6 is 11.3 Å². The van der Waals surface area contributed by atoms with E-state index in [1.807, 2.05) is 6.07 Å². The van der Waals surface area contributed by atoms with E-state index >= 15 is 0 Å². The summed E-state index contributed by atoms with van der Waals surface area (Å²) in [6, 6.07) is 8.16. The summed E-state index contributed by atoms with van der Waals surface area (Å²) in [5, 5.41) is 4.58. The van der Waals surface area contributed by atoms with Crippen molar-refractivity contribution < 1.29 is 14.0 Å². The molecular weight excluding hydrogens is 339 g/mol. The molecule has 0 bridgehead atoms. The molecule has 2 aromatic rings. The molecule has 1 aliphatic heterocycles. The fourth-order valence-electron chi connectivity index (χ4n) is 3.17. The minimum absolute atomic E-state index is 0.0506. The Morgan fingerprint density at radius 1 is 1.28 bits per heavy atom. The van der Waals surface area contributed by atoms with Crippen LogP contribution in [0, 0.1) is 5.82 Å². The summed E-state index contributed by atoms with van der Waals surface area (Å²) in [6.45, 7) is 3.63. The Hall–Kier alpha value is -2.05. The van der Waals surface area contributed by atoms with Crippen LogP contribution in [0.1, 0.15) is 51.4 Å². The van der Waals surface area contributed by atoms with E-state index < -0.39 is 0 Å². The average Bonchev–Trinajstić information content (AvgIpc) is 3.28. The molecule has 1 saturated heterocycles. The quantitative estimate of drug-likeness (QED) is 0.800. The molecule has 0 aliphatic carbocycles. The number of nitrogens with one attached hydrogen (secondary N) is 1. The zero-order valence-electron chi connectivity index (χ0n) is 14.1. The SMILES string of the molecule is CC(=O)c1cc(C(=O)NC[C@H](c2ccccc2F)N2CCCC2)cs1. The smallest absolute Gasteiger partial charge is 0.252 e. The number of hydrogen-bond acceptors (Lipinski definition) is 4. The van der Waals surface area contributed by atoms with Crippen molar-refractivity contribution in [1.29, 1.82) is 0 Å². The van der Waals surface area contributed by atoms with Crippen molar-refractivity contribution in [3.8, 4) is 0 Å². The van der Waals surface area contributed by atoms with Gasteiger partial charge >= 0.3 is 0 Å². The molecule has 1 atom stereocenters. The summed E-state index contributed by atoms with van der Waals surface area (Å²) in [5.74, 6) is -0.530. The van der Waals surface area contributed by atoms with Crippen molar-refractivity contribution in [3.05, 3.63) is 57.5 Å². The number of amides is 1. The van der Waals surface area contributed by atoms with Crippen LogP contribution < -0.4 is 5.32 Å². The Morgan fingerprint density at radius 2 is 2.00 bits per heavy atom. The minimum Gasteiger partial charge on any atom is -0.350 e.